The van der Waals surface area contributed by atoms with Crippen LogP contribution in [0.4, 0.5) is 0 Å². The first-order valence-electron chi connectivity index (χ1n) is 7.31. The average molecular weight is 303 g/mol. The van der Waals surface area contributed by atoms with Gasteiger partial charge in [-0.2, -0.15) is 4.31 Å². The number of sulfonamides is 1. The van der Waals surface area contributed by atoms with Crippen LogP contribution in [0, 0.1) is 11.8 Å². The van der Waals surface area contributed by atoms with Gasteiger partial charge in [0.1, 0.15) is 0 Å². The van der Waals surface area contributed by atoms with Crippen molar-refractivity contribution in [3.05, 3.63) is 0 Å². The highest BCUT2D eigenvalue weighted by atomic mass is 32.2. The van der Waals surface area contributed by atoms with E-state index in [1.54, 1.807) is 4.31 Å². The van der Waals surface area contributed by atoms with Gasteiger partial charge in [-0.3, -0.25) is 9.69 Å². The van der Waals surface area contributed by atoms with Crippen molar-refractivity contribution >= 4 is 15.9 Å². The van der Waals surface area contributed by atoms with Crippen molar-refractivity contribution < 1.29 is 13.2 Å². The Kier molecular flexibility index (Phi) is 4.71. The third-order valence-corrected chi connectivity index (χ3v) is 6.39. The van der Waals surface area contributed by atoms with Gasteiger partial charge < -0.3 is 5.73 Å². The Bertz CT molecular complexity index is 449. The minimum absolute atomic E-state index is 0.00731. The van der Waals surface area contributed by atoms with E-state index in [2.05, 4.69) is 4.90 Å². The number of primary amides is 1. The molecule has 1 amide bonds. The number of piperidine rings is 1. The Morgan fingerprint density at radius 1 is 1.25 bits per heavy atom. The lowest BCUT2D eigenvalue weighted by atomic mass is 9.94. The molecule has 0 spiro atoms. The van der Waals surface area contributed by atoms with Crippen molar-refractivity contribution in [1.29, 1.82) is 0 Å². The lowest BCUT2D eigenvalue weighted by molar-refractivity contribution is -0.123. The fourth-order valence-electron chi connectivity index (χ4n) is 2.95. The average Bonchev–Trinajstić information content (AvgIpc) is 2.25. The van der Waals surface area contributed by atoms with Crippen molar-refractivity contribution in [2.45, 2.75) is 32.7 Å². The molecule has 2 aliphatic rings. The summed E-state index contributed by atoms with van der Waals surface area (Å²) in [5.41, 5.74) is 5.32. The quantitative estimate of drug-likeness (QED) is 0.766. The highest BCUT2D eigenvalue weighted by Crippen LogP contribution is 2.25. The topological polar surface area (TPSA) is 83.7 Å². The number of carbonyl (C=O) groups is 1. The summed E-state index contributed by atoms with van der Waals surface area (Å²) in [7, 11) is -3.09. The van der Waals surface area contributed by atoms with Crippen molar-refractivity contribution in [2.75, 3.05) is 31.9 Å². The van der Waals surface area contributed by atoms with Crippen molar-refractivity contribution in [1.82, 2.24) is 9.21 Å². The van der Waals surface area contributed by atoms with Crippen LogP contribution < -0.4 is 5.73 Å². The normalized spacial score (nSPS) is 23.9. The SMILES string of the molecule is CC(C)CS(=O)(=O)N1CC(N2CCC(C(N)=O)CC2)C1. The maximum absolute atomic E-state index is 12.0. The molecule has 0 aromatic heterocycles. The summed E-state index contributed by atoms with van der Waals surface area (Å²) in [5.74, 6) is 0.167. The molecule has 0 saturated carbocycles. The van der Waals surface area contributed by atoms with Crippen LogP contribution in [0.5, 0.6) is 0 Å². The predicted molar refractivity (Wildman–Crippen MR) is 77.5 cm³/mol. The van der Waals surface area contributed by atoms with E-state index >= 15 is 0 Å². The molecule has 7 heteroatoms. The lowest BCUT2D eigenvalue weighted by Crippen LogP contribution is -2.62. The third kappa shape index (κ3) is 3.51. The number of amides is 1. The maximum Gasteiger partial charge on any atom is 0.220 e. The number of likely N-dealkylation sites (tertiary alicyclic amines) is 1. The number of nitrogens with zero attached hydrogens (tertiary/aromatic N) is 2. The van der Waals surface area contributed by atoms with Gasteiger partial charge in [0, 0.05) is 25.0 Å². The Hall–Kier alpha value is -0.660. The summed E-state index contributed by atoms with van der Waals surface area (Å²) in [6.07, 6.45) is 1.59. The molecular weight excluding hydrogens is 278 g/mol. The number of nitrogens with two attached hydrogens (primary N) is 1. The predicted octanol–water partition coefficient (Wildman–Crippen LogP) is -0.146. The zero-order valence-corrected chi connectivity index (χ0v) is 13.1. The second-order valence-electron chi connectivity index (χ2n) is 6.36. The maximum atomic E-state index is 12.0. The zero-order chi connectivity index (χ0) is 14.9. The summed E-state index contributed by atoms with van der Waals surface area (Å²) in [6.45, 7) is 6.71. The highest BCUT2D eigenvalue weighted by Gasteiger charge is 2.40. The monoisotopic (exact) mass is 303 g/mol. The number of rotatable bonds is 5. The van der Waals surface area contributed by atoms with Gasteiger partial charge in [-0.1, -0.05) is 13.8 Å². The van der Waals surface area contributed by atoms with Crippen LogP contribution in [-0.4, -0.2) is 61.5 Å². The van der Waals surface area contributed by atoms with Gasteiger partial charge in [-0.05, 0) is 31.8 Å². The van der Waals surface area contributed by atoms with Crippen LogP contribution in [-0.2, 0) is 14.8 Å². The van der Waals surface area contributed by atoms with Crippen LogP contribution in [0.2, 0.25) is 0 Å². The van der Waals surface area contributed by atoms with E-state index in [4.69, 9.17) is 5.73 Å². The molecule has 2 aliphatic heterocycles. The fourth-order valence-corrected chi connectivity index (χ4v) is 4.80. The number of carbonyl (C=O) groups excluding carboxylic acids is 1. The van der Waals surface area contributed by atoms with E-state index in [1.807, 2.05) is 13.8 Å². The van der Waals surface area contributed by atoms with Crippen LogP contribution in [0.3, 0.4) is 0 Å². The van der Waals surface area contributed by atoms with Gasteiger partial charge in [0.25, 0.3) is 0 Å². The first kappa shape index (κ1) is 15.7. The summed E-state index contributed by atoms with van der Waals surface area (Å²) in [5, 5.41) is 0. The van der Waals surface area contributed by atoms with E-state index in [0.717, 1.165) is 25.9 Å². The van der Waals surface area contributed by atoms with E-state index in [9.17, 15) is 13.2 Å². The molecule has 116 valence electrons. The molecule has 2 fully saturated rings. The van der Waals surface area contributed by atoms with Gasteiger partial charge in [0.2, 0.25) is 15.9 Å². The fraction of sp³-hybridized carbons (Fsp3) is 0.923. The highest BCUT2D eigenvalue weighted by molar-refractivity contribution is 7.89. The standard InChI is InChI=1S/C13H25N3O3S/c1-10(2)9-20(18,19)16-7-12(8-16)15-5-3-11(4-6-15)13(14)17/h10-12H,3-9H2,1-2H3,(H2,14,17). The molecule has 0 radical (unpaired) electrons. The molecule has 0 bridgehead atoms. The Morgan fingerprint density at radius 2 is 1.80 bits per heavy atom. The zero-order valence-electron chi connectivity index (χ0n) is 12.3. The van der Waals surface area contributed by atoms with Gasteiger partial charge in [-0.15, -0.1) is 0 Å². The van der Waals surface area contributed by atoms with Crippen molar-refractivity contribution in [3.8, 4) is 0 Å². The molecule has 2 rings (SSSR count). The summed E-state index contributed by atoms with van der Waals surface area (Å²) in [4.78, 5) is 13.4. The van der Waals surface area contributed by atoms with Crippen molar-refractivity contribution in [2.24, 2.45) is 17.6 Å². The van der Waals surface area contributed by atoms with Crippen LogP contribution in [0.1, 0.15) is 26.7 Å². The summed E-state index contributed by atoms with van der Waals surface area (Å²) >= 11 is 0. The van der Waals surface area contributed by atoms with E-state index in [-0.39, 0.29) is 23.5 Å². The molecule has 2 N–H and O–H groups in total. The van der Waals surface area contributed by atoms with Crippen LogP contribution in [0.15, 0.2) is 0 Å². The largest absolute Gasteiger partial charge is 0.369 e. The second kappa shape index (κ2) is 5.99. The minimum Gasteiger partial charge on any atom is -0.369 e. The second-order valence-corrected chi connectivity index (χ2v) is 8.37. The molecule has 2 heterocycles. The van der Waals surface area contributed by atoms with Crippen LogP contribution >= 0.6 is 0 Å². The summed E-state index contributed by atoms with van der Waals surface area (Å²) in [6, 6.07) is 0.311. The lowest BCUT2D eigenvalue weighted by Gasteiger charge is -2.46. The Morgan fingerprint density at radius 3 is 2.25 bits per heavy atom. The molecule has 0 aromatic carbocycles. The third-order valence-electron chi connectivity index (χ3n) is 4.21. The number of hydrogen-bond acceptors (Lipinski definition) is 4. The van der Waals surface area contributed by atoms with Gasteiger partial charge >= 0.3 is 0 Å². The van der Waals surface area contributed by atoms with E-state index in [1.165, 1.54) is 0 Å². The Balaban J connectivity index is 1.79. The first-order valence-corrected chi connectivity index (χ1v) is 8.91. The van der Waals surface area contributed by atoms with E-state index < -0.39 is 10.0 Å². The molecule has 2 saturated heterocycles. The van der Waals surface area contributed by atoms with Crippen LogP contribution in [0.25, 0.3) is 0 Å². The first-order chi connectivity index (χ1) is 9.29. The molecule has 0 aliphatic carbocycles. The van der Waals surface area contributed by atoms with Gasteiger partial charge in [-0.25, -0.2) is 8.42 Å². The molecule has 0 aromatic rings. The molecular formula is C13H25N3O3S. The molecule has 20 heavy (non-hydrogen) atoms. The molecule has 0 atom stereocenters. The summed E-state index contributed by atoms with van der Waals surface area (Å²) < 4.78 is 25.7. The smallest absolute Gasteiger partial charge is 0.220 e. The number of hydrogen-bond donors (Lipinski definition) is 1. The van der Waals surface area contributed by atoms with Crippen molar-refractivity contribution in [3.63, 3.8) is 0 Å². The van der Waals surface area contributed by atoms with Gasteiger partial charge in [0.05, 0.1) is 5.75 Å². The Labute approximate surface area is 121 Å². The van der Waals surface area contributed by atoms with Gasteiger partial charge in [0.15, 0.2) is 0 Å². The molecule has 6 nitrogen and oxygen atoms in total. The molecule has 0 unspecified atom stereocenters. The van der Waals surface area contributed by atoms with E-state index in [0.29, 0.717) is 19.1 Å². The minimum atomic E-state index is -3.09.